The number of alkyl halides is 3. The van der Waals surface area contributed by atoms with Crippen LogP contribution < -0.4 is 5.32 Å². The summed E-state index contributed by atoms with van der Waals surface area (Å²) in [5, 5.41) is 2.73. The number of hydrogen-bond donors (Lipinski definition) is 1. The number of nitrogens with zero attached hydrogens (tertiary/aromatic N) is 1. The molecule has 0 aliphatic heterocycles. The third-order valence-electron chi connectivity index (χ3n) is 3.06. The van der Waals surface area contributed by atoms with Gasteiger partial charge in [-0.1, -0.05) is 0 Å². The monoisotopic (exact) mass is 306 g/mol. The lowest BCUT2D eigenvalue weighted by Gasteiger charge is -2.10. The summed E-state index contributed by atoms with van der Waals surface area (Å²) in [6, 6.07) is 7.61. The molecule has 0 radical (unpaired) electrons. The predicted octanol–water partition coefficient (Wildman–Crippen LogP) is 4.10. The van der Waals surface area contributed by atoms with E-state index in [9.17, 15) is 18.0 Å². The fraction of sp³-hybridized carbons (Fsp3) is 0.0667. The Morgan fingerprint density at radius 1 is 1.18 bits per heavy atom. The predicted molar refractivity (Wildman–Crippen MR) is 73.4 cm³/mol. The van der Waals surface area contributed by atoms with Gasteiger partial charge in [0.2, 0.25) is 0 Å². The number of fused-ring (bicyclic) bond motifs is 1. The second kappa shape index (κ2) is 5.18. The minimum Gasteiger partial charge on any atom is -0.459 e. The van der Waals surface area contributed by atoms with Crippen LogP contribution in [0.2, 0.25) is 0 Å². The Kier molecular flexibility index (Phi) is 3.32. The van der Waals surface area contributed by atoms with Crippen LogP contribution in [0.4, 0.5) is 18.9 Å². The van der Waals surface area contributed by atoms with E-state index in [1.165, 1.54) is 30.7 Å². The summed E-state index contributed by atoms with van der Waals surface area (Å²) in [4.78, 5) is 15.9. The number of furan rings is 1. The molecule has 0 fully saturated rings. The van der Waals surface area contributed by atoms with Gasteiger partial charge in [-0.3, -0.25) is 9.78 Å². The van der Waals surface area contributed by atoms with E-state index in [0.29, 0.717) is 5.52 Å². The van der Waals surface area contributed by atoms with Crippen molar-refractivity contribution in [3.05, 3.63) is 60.2 Å². The first-order valence-corrected chi connectivity index (χ1v) is 6.26. The number of carbonyl (C=O) groups is 1. The maximum atomic E-state index is 12.8. The quantitative estimate of drug-likeness (QED) is 0.775. The number of rotatable bonds is 2. The maximum absolute atomic E-state index is 12.8. The van der Waals surface area contributed by atoms with E-state index in [4.69, 9.17) is 4.42 Å². The first-order valence-electron chi connectivity index (χ1n) is 6.26. The maximum Gasteiger partial charge on any atom is 0.416 e. The van der Waals surface area contributed by atoms with Crippen molar-refractivity contribution in [1.29, 1.82) is 0 Å². The summed E-state index contributed by atoms with van der Waals surface area (Å²) in [5.74, 6) is -0.480. The number of pyridine rings is 1. The molecular formula is C15H9F3N2O2. The molecule has 0 unspecified atom stereocenters. The van der Waals surface area contributed by atoms with E-state index in [1.54, 1.807) is 6.07 Å². The van der Waals surface area contributed by atoms with Gasteiger partial charge in [0.25, 0.3) is 5.91 Å². The molecule has 1 amide bonds. The average Bonchev–Trinajstić information content (AvgIpc) is 3.00. The van der Waals surface area contributed by atoms with Gasteiger partial charge >= 0.3 is 6.18 Å². The number of benzene rings is 1. The molecule has 7 heteroatoms. The Balaban J connectivity index is 2.03. The number of amides is 1. The molecule has 0 spiro atoms. The lowest BCUT2D eigenvalue weighted by atomic mass is 10.1. The van der Waals surface area contributed by atoms with Crippen LogP contribution in [0.5, 0.6) is 0 Å². The van der Waals surface area contributed by atoms with E-state index in [2.05, 4.69) is 10.3 Å². The normalized spacial score (nSPS) is 11.6. The zero-order chi connectivity index (χ0) is 15.7. The summed E-state index contributed by atoms with van der Waals surface area (Å²) in [6.45, 7) is 0. The smallest absolute Gasteiger partial charge is 0.416 e. The van der Waals surface area contributed by atoms with Crippen LogP contribution in [-0.2, 0) is 6.18 Å². The molecule has 2 aromatic heterocycles. The third kappa shape index (κ3) is 2.65. The van der Waals surface area contributed by atoms with Crippen LogP contribution >= 0.6 is 0 Å². The van der Waals surface area contributed by atoms with Gasteiger partial charge in [-0.2, -0.15) is 13.2 Å². The Morgan fingerprint density at radius 3 is 2.68 bits per heavy atom. The Bertz CT molecular complexity index is 826. The van der Waals surface area contributed by atoms with Gasteiger partial charge in [0.1, 0.15) is 0 Å². The number of halogens is 3. The summed E-state index contributed by atoms with van der Waals surface area (Å²) >= 11 is 0. The minimum absolute atomic E-state index is 0.0666. The average molecular weight is 306 g/mol. The molecule has 4 nitrogen and oxygen atoms in total. The number of nitrogens with one attached hydrogen (secondary N) is 1. The summed E-state index contributed by atoms with van der Waals surface area (Å²) in [6.07, 6.45) is -1.72. The highest BCUT2D eigenvalue weighted by Crippen LogP contribution is 2.33. The molecule has 1 N–H and O–H groups in total. The molecule has 0 aliphatic rings. The second-order valence-corrected chi connectivity index (χ2v) is 4.52. The molecule has 0 aliphatic carbocycles. The standard InChI is InChI=1S/C15H9F3N2O2/c16-15(17,18)9-3-4-11-10(8-9)12(5-6-19-11)20-14(21)13-2-1-7-22-13/h1-8H,(H,19,20,21). The van der Waals surface area contributed by atoms with Gasteiger partial charge in [0.05, 0.1) is 23.0 Å². The third-order valence-corrected chi connectivity index (χ3v) is 3.06. The van der Waals surface area contributed by atoms with Crippen molar-refractivity contribution in [3.8, 4) is 0 Å². The molecule has 112 valence electrons. The topological polar surface area (TPSA) is 55.1 Å². The molecule has 3 aromatic rings. The molecule has 2 heterocycles. The highest BCUT2D eigenvalue weighted by Gasteiger charge is 2.30. The number of hydrogen-bond acceptors (Lipinski definition) is 3. The molecule has 0 atom stereocenters. The van der Waals surface area contributed by atoms with Gasteiger partial charge in [-0.05, 0) is 36.4 Å². The van der Waals surface area contributed by atoms with E-state index in [1.807, 2.05) is 0 Å². The first kappa shape index (κ1) is 14.1. The van der Waals surface area contributed by atoms with E-state index in [-0.39, 0.29) is 16.8 Å². The molecule has 3 rings (SSSR count). The van der Waals surface area contributed by atoms with Gasteiger partial charge < -0.3 is 9.73 Å². The van der Waals surface area contributed by atoms with Crippen molar-refractivity contribution in [1.82, 2.24) is 4.98 Å². The zero-order valence-electron chi connectivity index (χ0n) is 11.0. The van der Waals surface area contributed by atoms with E-state index < -0.39 is 17.6 Å². The fourth-order valence-corrected chi connectivity index (χ4v) is 2.02. The Labute approximate surface area is 122 Å². The van der Waals surface area contributed by atoms with E-state index >= 15 is 0 Å². The molecule has 0 saturated carbocycles. The van der Waals surface area contributed by atoms with E-state index in [0.717, 1.165) is 12.1 Å². The molecule has 0 bridgehead atoms. The van der Waals surface area contributed by atoms with Gasteiger partial charge in [0.15, 0.2) is 5.76 Å². The number of anilines is 1. The summed E-state index contributed by atoms with van der Waals surface area (Å²) < 4.78 is 43.4. The van der Waals surface area contributed by atoms with Crippen LogP contribution in [0.1, 0.15) is 16.1 Å². The van der Waals surface area contributed by atoms with Crippen LogP contribution in [0.15, 0.2) is 53.3 Å². The fourth-order valence-electron chi connectivity index (χ4n) is 2.02. The van der Waals surface area contributed by atoms with Gasteiger partial charge in [0, 0.05) is 11.6 Å². The van der Waals surface area contributed by atoms with Gasteiger partial charge in [-0.25, -0.2) is 0 Å². The van der Waals surface area contributed by atoms with Crippen LogP contribution in [0.3, 0.4) is 0 Å². The Hall–Kier alpha value is -2.83. The van der Waals surface area contributed by atoms with Crippen LogP contribution in [0.25, 0.3) is 10.9 Å². The van der Waals surface area contributed by atoms with Crippen molar-refractivity contribution < 1.29 is 22.4 Å². The van der Waals surface area contributed by atoms with Crippen LogP contribution in [-0.4, -0.2) is 10.9 Å². The largest absolute Gasteiger partial charge is 0.459 e. The van der Waals surface area contributed by atoms with Crippen molar-refractivity contribution in [2.24, 2.45) is 0 Å². The summed E-state index contributed by atoms with van der Waals surface area (Å²) in [5.41, 5.74) is -0.218. The highest BCUT2D eigenvalue weighted by atomic mass is 19.4. The van der Waals surface area contributed by atoms with Crippen LogP contribution in [0, 0.1) is 0 Å². The zero-order valence-corrected chi connectivity index (χ0v) is 11.0. The first-order chi connectivity index (χ1) is 10.4. The number of aromatic nitrogens is 1. The molecule has 22 heavy (non-hydrogen) atoms. The lowest BCUT2D eigenvalue weighted by molar-refractivity contribution is -0.137. The number of carbonyl (C=O) groups excluding carboxylic acids is 1. The Morgan fingerprint density at radius 2 is 2.00 bits per heavy atom. The minimum atomic E-state index is -4.47. The second-order valence-electron chi connectivity index (χ2n) is 4.52. The molecular weight excluding hydrogens is 297 g/mol. The van der Waals surface area contributed by atoms with Gasteiger partial charge in [-0.15, -0.1) is 0 Å². The lowest BCUT2D eigenvalue weighted by Crippen LogP contribution is -2.11. The molecule has 0 saturated heterocycles. The van der Waals surface area contributed by atoms with Crippen molar-refractivity contribution in [3.63, 3.8) is 0 Å². The SMILES string of the molecule is O=C(Nc1ccnc2ccc(C(F)(F)F)cc12)c1ccco1. The summed E-state index contributed by atoms with van der Waals surface area (Å²) in [7, 11) is 0. The van der Waals surface area contributed by atoms with Crippen molar-refractivity contribution >= 4 is 22.5 Å². The highest BCUT2D eigenvalue weighted by molar-refractivity contribution is 6.07. The molecule has 1 aromatic carbocycles. The van der Waals surface area contributed by atoms with Crippen molar-refractivity contribution in [2.75, 3.05) is 5.32 Å². The van der Waals surface area contributed by atoms with Crippen molar-refractivity contribution in [2.45, 2.75) is 6.18 Å².